The van der Waals surface area contributed by atoms with Crippen molar-refractivity contribution in [3.05, 3.63) is 129 Å². The van der Waals surface area contributed by atoms with Crippen LogP contribution in [-0.2, 0) is 32.6 Å². The Morgan fingerprint density at radius 1 is 0.826 bits per heavy atom. The van der Waals surface area contributed by atoms with E-state index in [4.69, 9.17) is 23.2 Å². The molecule has 7 nitrogen and oxygen atoms in total. The van der Waals surface area contributed by atoms with Crippen molar-refractivity contribution in [3.63, 3.8) is 0 Å². The fraction of sp³-hybridized carbons (Fsp3) is 0.278. The molecule has 2 amide bonds. The summed E-state index contributed by atoms with van der Waals surface area (Å²) in [4.78, 5) is 30.0. The molecule has 1 N–H and O–H groups in total. The van der Waals surface area contributed by atoms with E-state index in [1.54, 1.807) is 18.2 Å². The third kappa shape index (κ3) is 8.90. The van der Waals surface area contributed by atoms with Crippen LogP contribution < -0.4 is 9.62 Å². The summed E-state index contributed by atoms with van der Waals surface area (Å²) in [6.45, 7) is 7.13. The van der Waals surface area contributed by atoms with E-state index in [2.05, 4.69) is 5.32 Å². The van der Waals surface area contributed by atoms with Crippen LogP contribution in [0.3, 0.4) is 0 Å². The molecule has 0 saturated heterocycles. The number of carbonyl (C=O) groups excluding carboxylic acids is 2. The van der Waals surface area contributed by atoms with Gasteiger partial charge in [0.25, 0.3) is 10.0 Å². The van der Waals surface area contributed by atoms with Crippen LogP contribution in [0, 0.1) is 13.8 Å². The molecular weight excluding hydrogens is 641 g/mol. The molecule has 4 aromatic carbocycles. The summed E-state index contributed by atoms with van der Waals surface area (Å²) >= 11 is 12.9. The summed E-state index contributed by atoms with van der Waals surface area (Å²) in [6, 6.07) is 26.8. The minimum atomic E-state index is -4.30. The first-order valence-electron chi connectivity index (χ1n) is 15.1. The van der Waals surface area contributed by atoms with Gasteiger partial charge in [0.2, 0.25) is 11.8 Å². The van der Waals surface area contributed by atoms with Gasteiger partial charge in [-0.1, -0.05) is 108 Å². The molecule has 0 saturated carbocycles. The third-order valence-electron chi connectivity index (χ3n) is 7.77. The average molecular weight is 681 g/mol. The summed E-state index contributed by atoms with van der Waals surface area (Å²) in [5.74, 6) is -0.901. The number of amides is 2. The lowest BCUT2D eigenvalue weighted by Gasteiger charge is -2.34. The lowest BCUT2D eigenvalue weighted by Crippen LogP contribution is -2.54. The Bertz CT molecular complexity index is 1770. The highest BCUT2D eigenvalue weighted by Gasteiger charge is 2.35. The highest BCUT2D eigenvalue weighted by atomic mass is 35.5. The number of benzene rings is 4. The molecule has 0 bridgehead atoms. The van der Waals surface area contributed by atoms with Crippen molar-refractivity contribution < 1.29 is 18.0 Å². The van der Waals surface area contributed by atoms with Gasteiger partial charge < -0.3 is 10.2 Å². The smallest absolute Gasteiger partial charge is 0.264 e. The van der Waals surface area contributed by atoms with Crippen molar-refractivity contribution in [1.82, 2.24) is 10.2 Å². The fourth-order valence-corrected chi connectivity index (χ4v) is 6.89. The molecule has 46 heavy (non-hydrogen) atoms. The molecule has 2 atom stereocenters. The van der Waals surface area contributed by atoms with Crippen LogP contribution in [0.15, 0.2) is 102 Å². The number of aryl methyl sites for hydroxylation is 2. The summed E-state index contributed by atoms with van der Waals surface area (Å²) in [5, 5.41) is 3.40. The number of nitrogens with one attached hydrogen (secondary N) is 1. The minimum Gasteiger partial charge on any atom is -0.352 e. The Balaban J connectivity index is 1.84. The third-order valence-corrected chi connectivity index (χ3v) is 10.1. The Morgan fingerprint density at radius 3 is 2.15 bits per heavy atom. The SMILES string of the molecule is CC[C@@H](C)NC(=O)[C@H](Cc1ccccc1)N(Cc1cccc(C)c1)C(=O)CN(c1cc(Cl)ccc1Cl)S(=O)(=O)c1ccc(C)cc1. The molecule has 0 spiro atoms. The summed E-state index contributed by atoms with van der Waals surface area (Å²) in [7, 11) is -4.30. The van der Waals surface area contributed by atoms with Crippen molar-refractivity contribution in [2.75, 3.05) is 10.8 Å². The van der Waals surface area contributed by atoms with Crippen LogP contribution in [0.1, 0.15) is 42.5 Å². The summed E-state index contributed by atoms with van der Waals surface area (Å²) < 4.78 is 29.4. The number of rotatable bonds is 13. The van der Waals surface area contributed by atoms with Crippen molar-refractivity contribution in [2.45, 2.75) is 64.1 Å². The summed E-state index contributed by atoms with van der Waals surface area (Å²) in [5.41, 5.74) is 3.58. The molecular formula is C36H39Cl2N3O4S. The van der Waals surface area contributed by atoms with Crippen LogP contribution in [0.4, 0.5) is 5.69 Å². The summed E-state index contributed by atoms with van der Waals surface area (Å²) in [6.07, 6.45) is 0.925. The van der Waals surface area contributed by atoms with Crippen LogP contribution in [0.2, 0.25) is 10.0 Å². The molecule has 0 radical (unpaired) electrons. The van der Waals surface area contributed by atoms with Crippen molar-refractivity contribution in [1.29, 1.82) is 0 Å². The molecule has 0 aliphatic rings. The van der Waals surface area contributed by atoms with Gasteiger partial charge in [-0.25, -0.2) is 8.42 Å². The molecule has 242 valence electrons. The molecule has 10 heteroatoms. The van der Waals surface area contributed by atoms with E-state index in [-0.39, 0.29) is 45.5 Å². The van der Waals surface area contributed by atoms with Crippen LogP contribution >= 0.6 is 23.2 Å². The van der Waals surface area contributed by atoms with Crippen LogP contribution in [0.25, 0.3) is 0 Å². The van der Waals surface area contributed by atoms with Crippen molar-refractivity contribution >= 4 is 50.7 Å². The number of sulfonamides is 1. The van der Waals surface area contributed by atoms with Gasteiger partial charge in [-0.3, -0.25) is 13.9 Å². The van der Waals surface area contributed by atoms with E-state index < -0.39 is 28.5 Å². The van der Waals surface area contributed by atoms with E-state index in [0.717, 1.165) is 26.6 Å². The maximum absolute atomic E-state index is 14.6. The fourth-order valence-electron chi connectivity index (χ4n) is 5.03. The van der Waals surface area contributed by atoms with E-state index in [9.17, 15) is 18.0 Å². The molecule has 0 fully saturated rings. The number of hydrogen-bond acceptors (Lipinski definition) is 4. The second-order valence-electron chi connectivity index (χ2n) is 11.5. The highest BCUT2D eigenvalue weighted by molar-refractivity contribution is 7.92. The van der Waals surface area contributed by atoms with E-state index in [1.165, 1.54) is 29.2 Å². The zero-order valence-electron chi connectivity index (χ0n) is 26.4. The van der Waals surface area contributed by atoms with Crippen LogP contribution in [0.5, 0.6) is 0 Å². The first kappa shape index (κ1) is 35.0. The molecule has 0 aromatic heterocycles. The Kier molecular flexibility index (Phi) is 11.9. The standard InChI is InChI=1S/C36H39Cl2N3O4S/c1-5-27(4)39-36(43)34(21-28-11-7-6-8-12-28)40(23-29-13-9-10-26(3)20-29)35(42)24-41(33-22-30(37)16-19-32(33)38)46(44,45)31-17-14-25(2)15-18-31/h6-20,22,27,34H,5,21,23-24H2,1-4H3,(H,39,43)/t27-,34+/m1/s1. The second-order valence-corrected chi connectivity index (χ2v) is 14.2. The monoisotopic (exact) mass is 679 g/mol. The van der Waals surface area contributed by atoms with Gasteiger partial charge in [-0.2, -0.15) is 0 Å². The number of hydrogen-bond donors (Lipinski definition) is 1. The Morgan fingerprint density at radius 2 is 1.50 bits per heavy atom. The van der Waals surface area contributed by atoms with Gasteiger partial charge in [0, 0.05) is 24.0 Å². The predicted molar refractivity (Wildman–Crippen MR) is 186 cm³/mol. The Labute approximate surface area is 282 Å². The molecule has 0 unspecified atom stereocenters. The van der Waals surface area contributed by atoms with Gasteiger partial charge in [0.05, 0.1) is 15.6 Å². The lowest BCUT2D eigenvalue weighted by molar-refractivity contribution is -0.140. The zero-order chi connectivity index (χ0) is 33.4. The van der Waals surface area contributed by atoms with Gasteiger partial charge in [0.15, 0.2) is 0 Å². The molecule has 0 aliphatic carbocycles. The first-order chi connectivity index (χ1) is 21.9. The topological polar surface area (TPSA) is 86.8 Å². The quantitative estimate of drug-likeness (QED) is 0.160. The van der Waals surface area contributed by atoms with Crippen LogP contribution in [-0.4, -0.2) is 43.8 Å². The predicted octanol–water partition coefficient (Wildman–Crippen LogP) is 7.36. The van der Waals surface area contributed by atoms with Gasteiger partial charge in [-0.05, 0) is 68.7 Å². The maximum Gasteiger partial charge on any atom is 0.264 e. The maximum atomic E-state index is 14.6. The highest BCUT2D eigenvalue weighted by Crippen LogP contribution is 2.33. The van der Waals surface area contributed by atoms with Crippen molar-refractivity contribution in [3.8, 4) is 0 Å². The number of carbonyl (C=O) groups is 2. The first-order valence-corrected chi connectivity index (χ1v) is 17.3. The lowest BCUT2D eigenvalue weighted by atomic mass is 10.0. The number of nitrogens with zero attached hydrogens (tertiary/aromatic N) is 2. The molecule has 4 aromatic rings. The molecule has 0 heterocycles. The van der Waals surface area contributed by atoms with Gasteiger partial charge in [0.1, 0.15) is 12.6 Å². The van der Waals surface area contributed by atoms with E-state index >= 15 is 0 Å². The zero-order valence-corrected chi connectivity index (χ0v) is 28.7. The molecule has 4 rings (SSSR count). The van der Waals surface area contributed by atoms with Gasteiger partial charge >= 0.3 is 0 Å². The number of halogens is 2. The molecule has 0 aliphatic heterocycles. The van der Waals surface area contributed by atoms with Crippen molar-refractivity contribution in [2.24, 2.45) is 0 Å². The van der Waals surface area contributed by atoms with E-state index in [1.807, 2.05) is 82.3 Å². The second kappa shape index (κ2) is 15.6. The largest absolute Gasteiger partial charge is 0.352 e. The van der Waals surface area contributed by atoms with Gasteiger partial charge in [-0.15, -0.1) is 0 Å². The Hall–Kier alpha value is -3.85. The normalized spacial score (nSPS) is 12.7. The number of anilines is 1. The van der Waals surface area contributed by atoms with E-state index in [0.29, 0.717) is 6.42 Å². The average Bonchev–Trinajstić information content (AvgIpc) is 3.03. The minimum absolute atomic E-state index is 0.0116.